The van der Waals surface area contributed by atoms with Gasteiger partial charge in [-0.05, 0) is 54.8 Å². The maximum absolute atomic E-state index is 13.9. The molecule has 3 heterocycles. The van der Waals surface area contributed by atoms with E-state index < -0.39 is 10.7 Å². The molecule has 0 spiro atoms. The number of fused-ring (bicyclic) bond motifs is 2. The summed E-state index contributed by atoms with van der Waals surface area (Å²) in [7, 11) is -0.460. The van der Waals surface area contributed by atoms with E-state index in [0.717, 1.165) is 29.2 Å². The van der Waals surface area contributed by atoms with Gasteiger partial charge in [-0.2, -0.15) is 0 Å². The molecule has 28 heavy (non-hydrogen) atoms. The van der Waals surface area contributed by atoms with E-state index in [4.69, 9.17) is 9.20 Å². The quantitative estimate of drug-likeness (QED) is 0.486. The SMILES string of the molecule is N=S1CCCc2ccc(Nc3nccc(-c4ccc(F)c5ccoc45)n3)cc21. The van der Waals surface area contributed by atoms with Crippen molar-refractivity contribution in [1.29, 1.82) is 4.78 Å². The molecule has 140 valence electrons. The number of anilines is 2. The third kappa shape index (κ3) is 2.97. The summed E-state index contributed by atoms with van der Waals surface area (Å²) in [5.41, 5.74) is 3.96. The van der Waals surface area contributed by atoms with Gasteiger partial charge in [-0.1, -0.05) is 16.8 Å². The van der Waals surface area contributed by atoms with Crippen molar-refractivity contribution in [2.24, 2.45) is 0 Å². The van der Waals surface area contributed by atoms with Crippen LogP contribution in [0.2, 0.25) is 0 Å². The van der Waals surface area contributed by atoms with Gasteiger partial charge >= 0.3 is 0 Å². The van der Waals surface area contributed by atoms with Gasteiger partial charge in [-0.15, -0.1) is 0 Å². The van der Waals surface area contributed by atoms with Crippen molar-refractivity contribution >= 4 is 33.3 Å². The van der Waals surface area contributed by atoms with E-state index in [9.17, 15) is 4.39 Å². The van der Waals surface area contributed by atoms with Crippen LogP contribution in [0.5, 0.6) is 0 Å². The maximum atomic E-state index is 13.9. The lowest BCUT2D eigenvalue weighted by Gasteiger charge is -2.18. The van der Waals surface area contributed by atoms with E-state index in [0.29, 0.717) is 28.2 Å². The average Bonchev–Trinajstić information content (AvgIpc) is 3.20. The van der Waals surface area contributed by atoms with Crippen LogP contribution in [0.15, 0.2) is 64.2 Å². The van der Waals surface area contributed by atoms with Crippen LogP contribution in [0.25, 0.3) is 22.2 Å². The monoisotopic (exact) mass is 392 g/mol. The zero-order chi connectivity index (χ0) is 19.1. The Bertz CT molecular complexity index is 1220. The van der Waals surface area contributed by atoms with Crippen LogP contribution in [0.3, 0.4) is 0 Å². The molecule has 2 aromatic heterocycles. The minimum absolute atomic E-state index is 0.320. The molecule has 1 aliphatic heterocycles. The second kappa shape index (κ2) is 6.83. The fourth-order valence-corrected chi connectivity index (χ4v) is 4.92. The number of aromatic nitrogens is 2. The fourth-order valence-electron chi connectivity index (χ4n) is 3.51. The van der Waals surface area contributed by atoms with Crippen molar-refractivity contribution in [2.45, 2.75) is 17.7 Å². The van der Waals surface area contributed by atoms with Crippen LogP contribution >= 0.6 is 0 Å². The minimum Gasteiger partial charge on any atom is -0.464 e. The topological polar surface area (TPSA) is 74.8 Å². The summed E-state index contributed by atoms with van der Waals surface area (Å²) in [5, 5.41) is 3.67. The number of furan rings is 1. The summed E-state index contributed by atoms with van der Waals surface area (Å²) in [6.07, 6.45) is 5.25. The smallest absolute Gasteiger partial charge is 0.227 e. The Labute approximate surface area is 163 Å². The molecule has 7 heteroatoms. The lowest BCUT2D eigenvalue weighted by Crippen LogP contribution is -2.09. The fraction of sp³-hybridized carbons (Fsp3) is 0.143. The van der Waals surface area contributed by atoms with Crippen LogP contribution < -0.4 is 5.32 Å². The van der Waals surface area contributed by atoms with Gasteiger partial charge in [0.05, 0.1) is 17.3 Å². The van der Waals surface area contributed by atoms with Gasteiger partial charge in [0.1, 0.15) is 11.4 Å². The largest absolute Gasteiger partial charge is 0.464 e. The van der Waals surface area contributed by atoms with Gasteiger partial charge in [-0.3, -0.25) is 4.78 Å². The number of hydrogen-bond acceptors (Lipinski definition) is 5. The van der Waals surface area contributed by atoms with Gasteiger partial charge in [0.15, 0.2) is 0 Å². The highest BCUT2D eigenvalue weighted by Crippen LogP contribution is 2.31. The highest BCUT2D eigenvalue weighted by Gasteiger charge is 2.15. The number of hydrogen-bond donors (Lipinski definition) is 2. The normalized spacial score (nSPS) is 16.1. The maximum Gasteiger partial charge on any atom is 0.227 e. The van der Waals surface area contributed by atoms with Crippen molar-refractivity contribution < 1.29 is 8.81 Å². The number of nitrogens with one attached hydrogen (secondary N) is 2. The average molecular weight is 392 g/mol. The zero-order valence-corrected chi connectivity index (χ0v) is 15.7. The highest BCUT2D eigenvalue weighted by molar-refractivity contribution is 7.86. The molecule has 0 bridgehead atoms. The molecule has 1 atom stereocenters. The number of halogens is 1. The summed E-state index contributed by atoms with van der Waals surface area (Å²) in [5.74, 6) is 1.05. The van der Waals surface area contributed by atoms with Crippen LogP contribution in [0.4, 0.5) is 16.0 Å². The van der Waals surface area contributed by atoms with E-state index in [1.165, 1.54) is 17.9 Å². The van der Waals surface area contributed by atoms with Gasteiger partial charge in [0, 0.05) is 28.1 Å². The molecule has 0 saturated carbocycles. The first-order chi connectivity index (χ1) is 13.7. The Morgan fingerprint density at radius 2 is 2.07 bits per heavy atom. The van der Waals surface area contributed by atoms with Crippen LogP contribution in [0, 0.1) is 10.6 Å². The summed E-state index contributed by atoms with van der Waals surface area (Å²) < 4.78 is 27.7. The first-order valence-electron chi connectivity index (χ1n) is 9.00. The van der Waals surface area contributed by atoms with E-state index in [1.807, 2.05) is 12.1 Å². The van der Waals surface area contributed by atoms with E-state index in [2.05, 4.69) is 21.4 Å². The van der Waals surface area contributed by atoms with Crippen molar-refractivity contribution in [3.8, 4) is 11.3 Å². The summed E-state index contributed by atoms with van der Waals surface area (Å²) >= 11 is 0. The Balaban J connectivity index is 1.50. The van der Waals surface area contributed by atoms with Crippen LogP contribution in [-0.4, -0.2) is 15.7 Å². The van der Waals surface area contributed by atoms with Gasteiger partial charge in [0.2, 0.25) is 5.95 Å². The van der Waals surface area contributed by atoms with Crippen molar-refractivity contribution in [3.63, 3.8) is 0 Å². The number of nitrogens with zero attached hydrogens (tertiary/aromatic N) is 2. The third-order valence-corrected chi connectivity index (χ3v) is 6.49. The number of aryl methyl sites for hydroxylation is 1. The molecule has 0 fully saturated rings. The van der Waals surface area contributed by atoms with Crippen LogP contribution in [0.1, 0.15) is 12.0 Å². The molecular formula is C21H17FN4OS. The van der Waals surface area contributed by atoms with Crippen molar-refractivity contribution in [1.82, 2.24) is 9.97 Å². The summed E-state index contributed by atoms with van der Waals surface area (Å²) in [6, 6.07) is 12.6. The number of rotatable bonds is 3. The predicted molar refractivity (Wildman–Crippen MR) is 108 cm³/mol. The van der Waals surface area contributed by atoms with E-state index in [-0.39, 0.29) is 5.82 Å². The third-order valence-electron chi connectivity index (χ3n) is 4.88. The first-order valence-corrected chi connectivity index (χ1v) is 10.4. The molecule has 0 saturated heterocycles. The Morgan fingerprint density at radius 3 is 3.00 bits per heavy atom. The Hall–Kier alpha value is -3.06. The van der Waals surface area contributed by atoms with E-state index in [1.54, 1.807) is 24.4 Å². The molecule has 1 aliphatic rings. The molecule has 5 nitrogen and oxygen atoms in total. The second-order valence-electron chi connectivity index (χ2n) is 6.67. The zero-order valence-electron chi connectivity index (χ0n) is 14.9. The highest BCUT2D eigenvalue weighted by atomic mass is 32.2. The van der Waals surface area contributed by atoms with E-state index >= 15 is 0 Å². The second-order valence-corrected chi connectivity index (χ2v) is 8.30. The summed E-state index contributed by atoms with van der Waals surface area (Å²) in [6.45, 7) is 0. The molecule has 2 aromatic carbocycles. The van der Waals surface area contributed by atoms with Gasteiger partial charge in [0.25, 0.3) is 0 Å². The van der Waals surface area contributed by atoms with Gasteiger partial charge < -0.3 is 9.73 Å². The lowest BCUT2D eigenvalue weighted by atomic mass is 10.1. The Morgan fingerprint density at radius 1 is 1.14 bits per heavy atom. The molecule has 0 radical (unpaired) electrons. The molecule has 1 unspecified atom stereocenters. The van der Waals surface area contributed by atoms with Gasteiger partial charge in [-0.25, -0.2) is 14.4 Å². The Kier molecular flexibility index (Phi) is 4.16. The summed E-state index contributed by atoms with van der Waals surface area (Å²) in [4.78, 5) is 9.98. The minimum atomic E-state index is -0.460. The molecular weight excluding hydrogens is 375 g/mol. The molecule has 4 aromatic rings. The number of benzene rings is 2. The molecule has 5 rings (SSSR count). The first kappa shape index (κ1) is 17.1. The molecule has 2 N–H and O–H groups in total. The standard InChI is InChI=1S/C21H17FN4OS/c22-17-6-5-16(20-15(17)8-10-27-20)18-7-9-24-21(26-18)25-14-4-3-13-2-1-11-28(23)19(13)12-14/h3-10,12,23H,1-2,11H2,(H,24,25,26). The van der Waals surface area contributed by atoms with Crippen LogP contribution in [-0.2, 0) is 17.1 Å². The van der Waals surface area contributed by atoms with Crippen molar-refractivity contribution in [3.05, 3.63) is 66.3 Å². The molecule has 0 amide bonds. The van der Waals surface area contributed by atoms with Crippen molar-refractivity contribution in [2.75, 3.05) is 11.1 Å². The predicted octanol–water partition coefficient (Wildman–Crippen LogP) is 5.46. The lowest BCUT2D eigenvalue weighted by molar-refractivity contribution is 0.611. The molecule has 0 aliphatic carbocycles.